The minimum absolute atomic E-state index is 0.120. The molecule has 202 valence electrons. The van der Waals surface area contributed by atoms with Crippen LogP contribution < -0.4 is 0 Å². The van der Waals surface area contributed by atoms with E-state index in [1.807, 2.05) is 0 Å². The zero-order chi connectivity index (χ0) is 28.4. The molecular weight excluding hydrogens is 508 g/mol. The first-order chi connectivity index (χ1) is 20.5. The zero-order valence-corrected chi connectivity index (χ0v) is 24.2. The predicted molar refractivity (Wildman–Crippen MR) is 179 cm³/mol. The number of benzene rings is 6. The fraction of sp³-hybridized carbons (Fsp3) is 0.100. The molecule has 0 spiro atoms. The SMILES string of the molecule is CC(C)(C)c1ccc(-n2c3ccccc3c3ccc(-c4ccc5c(c4)c4ccccc4n5-c4ccccc4)cc32)cc1. The van der Waals surface area contributed by atoms with E-state index in [4.69, 9.17) is 0 Å². The van der Waals surface area contributed by atoms with Crippen molar-refractivity contribution >= 4 is 43.6 Å². The maximum atomic E-state index is 2.42. The fourth-order valence-electron chi connectivity index (χ4n) is 6.55. The molecular formula is C40H32N2. The Balaban J connectivity index is 1.34. The Morgan fingerprint density at radius 1 is 0.381 bits per heavy atom. The third-order valence-electron chi connectivity index (χ3n) is 8.69. The van der Waals surface area contributed by atoms with E-state index in [1.54, 1.807) is 0 Å². The van der Waals surface area contributed by atoms with Crippen molar-refractivity contribution < 1.29 is 0 Å². The highest BCUT2D eigenvalue weighted by Gasteiger charge is 2.17. The van der Waals surface area contributed by atoms with Crippen molar-refractivity contribution in [1.82, 2.24) is 9.13 Å². The van der Waals surface area contributed by atoms with Gasteiger partial charge in [0.2, 0.25) is 0 Å². The van der Waals surface area contributed by atoms with Gasteiger partial charge in [0.25, 0.3) is 0 Å². The van der Waals surface area contributed by atoms with Crippen molar-refractivity contribution in [3.63, 3.8) is 0 Å². The van der Waals surface area contributed by atoms with Crippen LogP contribution in [0.15, 0.2) is 140 Å². The van der Waals surface area contributed by atoms with Crippen molar-refractivity contribution in [3.05, 3.63) is 145 Å². The minimum atomic E-state index is 0.120. The lowest BCUT2D eigenvalue weighted by Gasteiger charge is -2.19. The van der Waals surface area contributed by atoms with Crippen LogP contribution in [0.4, 0.5) is 0 Å². The molecule has 0 N–H and O–H groups in total. The van der Waals surface area contributed by atoms with E-state index in [0.29, 0.717) is 0 Å². The van der Waals surface area contributed by atoms with Crippen molar-refractivity contribution in [3.8, 4) is 22.5 Å². The van der Waals surface area contributed by atoms with Crippen molar-refractivity contribution in [2.24, 2.45) is 0 Å². The molecule has 0 radical (unpaired) electrons. The number of para-hydroxylation sites is 3. The van der Waals surface area contributed by atoms with Crippen LogP contribution in [0, 0.1) is 0 Å². The summed E-state index contributed by atoms with van der Waals surface area (Å²) in [6.07, 6.45) is 0. The molecule has 0 bridgehead atoms. The van der Waals surface area contributed by atoms with Crippen molar-refractivity contribution in [2.45, 2.75) is 26.2 Å². The first kappa shape index (κ1) is 24.7. The largest absolute Gasteiger partial charge is 0.309 e. The van der Waals surface area contributed by atoms with Gasteiger partial charge in [0.15, 0.2) is 0 Å². The van der Waals surface area contributed by atoms with Crippen molar-refractivity contribution in [1.29, 1.82) is 0 Å². The fourth-order valence-corrected chi connectivity index (χ4v) is 6.55. The van der Waals surface area contributed by atoms with Crippen LogP contribution in [0.25, 0.3) is 66.1 Å². The standard InChI is InChI=1S/C40H32N2/c1-40(2,3)29-19-21-31(22-20-29)42-36-15-9-7-13-32(36)34-23-17-28(26-39(34)42)27-18-24-38-35(25-27)33-14-8-10-16-37(33)41(38)30-11-5-4-6-12-30/h4-26H,1-3H3. The topological polar surface area (TPSA) is 9.86 Å². The summed E-state index contributed by atoms with van der Waals surface area (Å²) in [5.41, 5.74) is 11.2. The second kappa shape index (κ2) is 9.22. The minimum Gasteiger partial charge on any atom is -0.309 e. The van der Waals surface area contributed by atoms with Crippen LogP contribution >= 0.6 is 0 Å². The number of aromatic nitrogens is 2. The van der Waals surface area contributed by atoms with Gasteiger partial charge in [-0.2, -0.15) is 0 Å². The third kappa shape index (κ3) is 3.79. The highest BCUT2D eigenvalue weighted by Crippen LogP contribution is 2.38. The lowest BCUT2D eigenvalue weighted by atomic mass is 9.87. The molecule has 2 heterocycles. The average molecular weight is 541 g/mol. The van der Waals surface area contributed by atoms with Gasteiger partial charge in [0.05, 0.1) is 22.1 Å². The van der Waals surface area contributed by atoms with E-state index in [1.165, 1.54) is 71.7 Å². The van der Waals surface area contributed by atoms with Gasteiger partial charge >= 0.3 is 0 Å². The quantitative estimate of drug-likeness (QED) is 0.211. The molecule has 0 amide bonds. The molecule has 2 heteroatoms. The number of hydrogen-bond acceptors (Lipinski definition) is 0. The highest BCUT2D eigenvalue weighted by atomic mass is 15.0. The van der Waals surface area contributed by atoms with Gasteiger partial charge in [-0.15, -0.1) is 0 Å². The summed E-state index contributed by atoms with van der Waals surface area (Å²) in [7, 11) is 0. The van der Waals surface area contributed by atoms with Gasteiger partial charge in [-0.05, 0) is 76.7 Å². The lowest BCUT2D eigenvalue weighted by Crippen LogP contribution is -2.10. The molecule has 42 heavy (non-hydrogen) atoms. The predicted octanol–water partition coefficient (Wildman–Crippen LogP) is 10.8. The maximum absolute atomic E-state index is 2.42. The van der Waals surface area contributed by atoms with E-state index in [-0.39, 0.29) is 5.41 Å². The molecule has 0 aliphatic heterocycles. The van der Waals surface area contributed by atoms with Gasteiger partial charge in [0, 0.05) is 32.9 Å². The summed E-state index contributed by atoms with van der Waals surface area (Å²) in [5, 5.41) is 5.09. The summed E-state index contributed by atoms with van der Waals surface area (Å²) in [5.74, 6) is 0. The normalized spacial score (nSPS) is 12.2. The number of nitrogens with zero attached hydrogens (tertiary/aromatic N) is 2. The lowest BCUT2D eigenvalue weighted by molar-refractivity contribution is 0.590. The molecule has 8 rings (SSSR count). The molecule has 6 aromatic carbocycles. The van der Waals surface area contributed by atoms with Crippen LogP contribution in [-0.4, -0.2) is 9.13 Å². The highest BCUT2D eigenvalue weighted by molar-refractivity contribution is 6.12. The molecule has 0 unspecified atom stereocenters. The van der Waals surface area contributed by atoms with Gasteiger partial charge in [-0.25, -0.2) is 0 Å². The molecule has 2 aromatic heterocycles. The second-order valence-electron chi connectivity index (χ2n) is 12.3. The van der Waals surface area contributed by atoms with Crippen molar-refractivity contribution in [2.75, 3.05) is 0 Å². The van der Waals surface area contributed by atoms with E-state index in [9.17, 15) is 0 Å². The number of rotatable bonds is 3. The third-order valence-corrected chi connectivity index (χ3v) is 8.69. The Morgan fingerprint density at radius 3 is 1.57 bits per heavy atom. The smallest absolute Gasteiger partial charge is 0.0547 e. The Morgan fingerprint density at radius 2 is 0.881 bits per heavy atom. The molecule has 2 nitrogen and oxygen atoms in total. The molecule has 0 aliphatic carbocycles. The summed E-state index contributed by atoms with van der Waals surface area (Å²) in [6.45, 7) is 6.80. The molecule has 0 fully saturated rings. The average Bonchev–Trinajstić information content (AvgIpc) is 3.53. The summed E-state index contributed by atoms with van der Waals surface area (Å²) in [6, 6.07) is 51.1. The van der Waals surface area contributed by atoms with Crippen LogP contribution in [0.3, 0.4) is 0 Å². The monoisotopic (exact) mass is 540 g/mol. The van der Waals surface area contributed by atoms with E-state index in [0.717, 1.165) is 0 Å². The van der Waals surface area contributed by atoms with Gasteiger partial charge < -0.3 is 9.13 Å². The number of hydrogen-bond donors (Lipinski definition) is 0. The Bertz CT molecular complexity index is 2260. The van der Waals surface area contributed by atoms with Crippen LogP contribution in [-0.2, 0) is 5.41 Å². The van der Waals surface area contributed by atoms with Crippen LogP contribution in [0.1, 0.15) is 26.3 Å². The molecule has 0 saturated carbocycles. The molecule has 0 saturated heterocycles. The Labute approximate surface area is 246 Å². The summed E-state index contributed by atoms with van der Waals surface area (Å²) >= 11 is 0. The van der Waals surface area contributed by atoms with Gasteiger partial charge in [-0.3, -0.25) is 0 Å². The van der Waals surface area contributed by atoms with E-state index in [2.05, 4.69) is 169 Å². The van der Waals surface area contributed by atoms with E-state index < -0.39 is 0 Å². The summed E-state index contributed by atoms with van der Waals surface area (Å²) in [4.78, 5) is 0. The zero-order valence-electron chi connectivity index (χ0n) is 24.2. The molecule has 0 atom stereocenters. The molecule has 8 aromatic rings. The van der Waals surface area contributed by atoms with E-state index >= 15 is 0 Å². The first-order valence-corrected chi connectivity index (χ1v) is 14.7. The van der Waals surface area contributed by atoms with Crippen LogP contribution in [0.2, 0.25) is 0 Å². The van der Waals surface area contributed by atoms with Gasteiger partial charge in [-0.1, -0.05) is 106 Å². The number of fused-ring (bicyclic) bond motifs is 6. The first-order valence-electron chi connectivity index (χ1n) is 14.7. The molecule has 0 aliphatic rings. The summed E-state index contributed by atoms with van der Waals surface area (Å²) < 4.78 is 4.79. The second-order valence-corrected chi connectivity index (χ2v) is 12.3. The van der Waals surface area contributed by atoms with Crippen LogP contribution in [0.5, 0.6) is 0 Å². The Hall–Kier alpha value is -5.08. The maximum Gasteiger partial charge on any atom is 0.0547 e. The Kier molecular flexibility index (Phi) is 5.42. The van der Waals surface area contributed by atoms with Gasteiger partial charge in [0.1, 0.15) is 0 Å².